The van der Waals surface area contributed by atoms with Gasteiger partial charge in [0.2, 0.25) is 0 Å². The Labute approximate surface area is 194 Å². The maximum atomic E-state index is 13.4. The van der Waals surface area contributed by atoms with Crippen LogP contribution in [0.25, 0.3) is 10.9 Å². The molecule has 1 fully saturated rings. The summed E-state index contributed by atoms with van der Waals surface area (Å²) in [6.45, 7) is 1.13. The van der Waals surface area contributed by atoms with Gasteiger partial charge in [0, 0.05) is 22.9 Å². The van der Waals surface area contributed by atoms with Crippen molar-refractivity contribution in [3.8, 4) is 5.75 Å². The molecule has 168 valence electrons. The zero-order chi connectivity index (χ0) is 22.7. The van der Waals surface area contributed by atoms with Crippen LogP contribution in [-0.2, 0) is 21.8 Å². The number of nitrogens with zero attached hydrogens (tertiary/aromatic N) is 2. The molecular weight excluding hydrogens is 452 g/mol. The van der Waals surface area contributed by atoms with Crippen LogP contribution in [0.4, 0.5) is 0 Å². The molecule has 0 radical (unpaired) electrons. The third kappa shape index (κ3) is 4.77. The van der Waals surface area contributed by atoms with Crippen LogP contribution in [0.3, 0.4) is 0 Å². The van der Waals surface area contributed by atoms with Gasteiger partial charge in [-0.05, 0) is 49.2 Å². The summed E-state index contributed by atoms with van der Waals surface area (Å²) in [6, 6.07) is 10.2. The fourth-order valence-electron chi connectivity index (χ4n) is 3.71. The Kier molecular flexibility index (Phi) is 7.03. The average Bonchev–Trinajstić information content (AvgIpc) is 3.32. The van der Waals surface area contributed by atoms with Crippen LogP contribution in [0.15, 0.2) is 46.3 Å². The number of hydrogen-bond acceptors (Lipinski definition) is 7. The smallest absolute Gasteiger partial charge is 0.337 e. The van der Waals surface area contributed by atoms with Crippen molar-refractivity contribution in [1.29, 1.82) is 0 Å². The van der Waals surface area contributed by atoms with Crippen LogP contribution >= 0.6 is 23.4 Å². The van der Waals surface area contributed by atoms with Gasteiger partial charge in [-0.25, -0.2) is 9.78 Å². The molecular formula is C23H23ClN2O5S. The largest absolute Gasteiger partial charge is 0.496 e. The quantitative estimate of drug-likeness (QED) is 0.286. The van der Waals surface area contributed by atoms with Crippen LogP contribution in [0.2, 0.25) is 5.02 Å². The second kappa shape index (κ2) is 9.94. The Morgan fingerprint density at radius 2 is 2.12 bits per heavy atom. The first-order chi connectivity index (χ1) is 15.5. The van der Waals surface area contributed by atoms with E-state index in [0.717, 1.165) is 18.4 Å². The van der Waals surface area contributed by atoms with Crippen molar-refractivity contribution in [1.82, 2.24) is 9.55 Å². The molecule has 0 aliphatic carbocycles. The number of methoxy groups -OCH3 is 2. The topological polar surface area (TPSA) is 79.7 Å². The molecule has 7 nitrogen and oxygen atoms in total. The van der Waals surface area contributed by atoms with Gasteiger partial charge in [-0.2, -0.15) is 0 Å². The van der Waals surface area contributed by atoms with E-state index in [9.17, 15) is 9.59 Å². The van der Waals surface area contributed by atoms with Gasteiger partial charge in [0.05, 0.1) is 43.3 Å². The minimum absolute atomic E-state index is 0.0265. The minimum atomic E-state index is -0.477. The Hall–Kier alpha value is -2.55. The first-order valence-electron chi connectivity index (χ1n) is 10.2. The van der Waals surface area contributed by atoms with E-state index in [1.54, 1.807) is 35.9 Å². The molecule has 4 rings (SSSR count). The highest BCUT2D eigenvalue weighted by atomic mass is 35.5. The van der Waals surface area contributed by atoms with Gasteiger partial charge in [-0.3, -0.25) is 9.36 Å². The number of thioether (sulfide) groups is 1. The maximum absolute atomic E-state index is 13.4. The van der Waals surface area contributed by atoms with Crippen molar-refractivity contribution in [2.75, 3.05) is 20.8 Å². The van der Waals surface area contributed by atoms with Crippen LogP contribution in [0.5, 0.6) is 5.75 Å². The third-order valence-corrected chi connectivity index (χ3v) is 6.61. The van der Waals surface area contributed by atoms with E-state index in [1.165, 1.54) is 18.9 Å². The Morgan fingerprint density at radius 3 is 2.84 bits per heavy atom. The number of aromatic nitrogens is 2. The summed E-state index contributed by atoms with van der Waals surface area (Å²) < 4.78 is 17.7. The van der Waals surface area contributed by atoms with Crippen molar-refractivity contribution in [2.45, 2.75) is 36.4 Å². The van der Waals surface area contributed by atoms with E-state index >= 15 is 0 Å². The lowest BCUT2D eigenvalue weighted by atomic mass is 10.1. The lowest BCUT2D eigenvalue weighted by Gasteiger charge is -2.17. The molecule has 32 heavy (non-hydrogen) atoms. The molecule has 0 spiro atoms. The lowest BCUT2D eigenvalue weighted by Crippen LogP contribution is -2.29. The molecule has 1 saturated heterocycles. The van der Waals surface area contributed by atoms with Gasteiger partial charge in [-0.15, -0.1) is 0 Å². The summed E-state index contributed by atoms with van der Waals surface area (Å²) in [7, 11) is 2.92. The zero-order valence-electron chi connectivity index (χ0n) is 17.8. The average molecular weight is 475 g/mol. The van der Waals surface area contributed by atoms with E-state index in [2.05, 4.69) is 0 Å². The first kappa shape index (κ1) is 22.6. The summed E-state index contributed by atoms with van der Waals surface area (Å²) in [5, 5.41) is 1.59. The summed E-state index contributed by atoms with van der Waals surface area (Å²) in [6.07, 6.45) is 1.85. The fourth-order valence-corrected chi connectivity index (χ4v) is 4.89. The number of ether oxygens (including phenoxy) is 3. The van der Waals surface area contributed by atoms with Crippen LogP contribution in [0, 0.1) is 0 Å². The Bertz CT molecular complexity index is 1210. The molecule has 9 heteroatoms. The predicted molar refractivity (Wildman–Crippen MR) is 124 cm³/mol. The molecule has 0 unspecified atom stereocenters. The van der Waals surface area contributed by atoms with Gasteiger partial charge in [0.15, 0.2) is 5.16 Å². The summed E-state index contributed by atoms with van der Waals surface area (Å²) in [4.78, 5) is 30.1. The Balaban J connectivity index is 1.75. The highest BCUT2D eigenvalue weighted by molar-refractivity contribution is 7.98. The highest BCUT2D eigenvalue weighted by Gasteiger charge is 2.21. The van der Waals surface area contributed by atoms with Crippen molar-refractivity contribution < 1.29 is 19.0 Å². The van der Waals surface area contributed by atoms with Crippen LogP contribution in [-0.4, -0.2) is 42.5 Å². The Morgan fingerprint density at radius 1 is 1.28 bits per heavy atom. The van der Waals surface area contributed by atoms with Crippen molar-refractivity contribution in [3.63, 3.8) is 0 Å². The third-order valence-electron chi connectivity index (χ3n) is 5.35. The molecule has 1 aromatic heterocycles. The van der Waals surface area contributed by atoms with E-state index in [4.69, 9.17) is 30.8 Å². The SMILES string of the molecule is COC(=O)c1ccc2c(=O)n(C[C@@H]3CCCO3)c(SCc3cc(Cl)ccc3OC)nc2c1. The number of hydrogen-bond donors (Lipinski definition) is 0. The van der Waals surface area contributed by atoms with Gasteiger partial charge in [0.1, 0.15) is 5.75 Å². The first-order valence-corrected chi connectivity index (χ1v) is 11.6. The van der Waals surface area contributed by atoms with Crippen molar-refractivity contribution >= 4 is 40.2 Å². The van der Waals surface area contributed by atoms with Gasteiger partial charge >= 0.3 is 5.97 Å². The molecule has 0 N–H and O–H groups in total. The summed E-state index contributed by atoms with van der Waals surface area (Å²) in [5.41, 5.74) is 1.52. The minimum Gasteiger partial charge on any atom is -0.496 e. The van der Waals surface area contributed by atoms with Crippen molar-refractivity contribution in [2.24, 2.45) is 0 Å². The number of carbonyl (C=O) groups is 1. The van der Waals surface area contributed by atoms with E-state index in [1.807, 2.05) is 12.1 Å². The summed E-state index contributed by atoms with van der Waals surface area (Å²) >= 11 is 7.58. The molecule has 3 aromatic rings. The molecule has 1 aliphatic rings. The van der Waals surface area contributed by atoms with Crippen molar-refractivity contribution in [3.05, 3.63) is 62.9 Å². The van der Waals surface area contributed by atoms with Crippen LogP contribution in [0.1, 0.15) is 28.8 Å². The number of rotatable bonds is 7. The normalized spacial score (nSPS) is 15.8. The number of carbonyl (C=O) groups excluding carboxylic acids is 1. The maximum Gasteiger partial charge on any atom is 0.337 e. The monoisotopic (exact) mass is 474 g/mol. The molecule has 0 saturated carbocycles. The molecule has 2 heterocycles. The zero-order valence-corrected chi connectivity index (χ0v) is 19.4. The van der Waals surface area contributed by atoms with E-state index in [-0.39, 0.29) is 11.7 Å². The number of esters is 1. The van der Waals surface area contributed by atoms with E-state index < -0.39 is 5.97 Å². The standard InChI is InChI=1S/C23H23ClN2O5S/c1-29-20-8-6-16(24)10-15(20)13-32-23-25-19-11-14(22(28)30-2)5-7-18(19)21(27)26(23)12-17-4-3-9-31-17/h5-8,10-11,17H,3-4,9,12-13H2,1-2H3/t17-/m0/s1. The fraction of sp³-hybridized carbons (Fsp3) is 0.348. The van der Waals surface area contributed by atoms with Gasteiger partial charge in [0.25, 0.3) is 5.56 Å². The van der Waals surface area contributed by atoms with Crippen LogP contribution < -0.4 is 10.3 Å². The number of fused-ring (bicyclic) bond motifs is 1. The second-order valence-corrected chi connectivity index (χ2v) is 8.79. The van der Waals surface area contributed by atoms with E-state index in [0.29, 0.717) is 51.3 Å². The summed E-state index contributed by atoms with van der Waals surface area (Å²) in [5.74, 6) is 0.739. The highest BCUT2D eigenvalue weighted by Crippen LogP contribution is 2.30. The van der Waals surface area contributed by atoms with Gasteiger partial charge < -0.3 is 14.2 Å². The lowest BCUT2D eigenvalue weighted by molar-refractivity contribution is 0.0601. The second-order valence-electron chi connectivity index (χ2n) is 7.41. The number of benzene rings is 2. The number of halogens is 1. The molecule has 0 bridgehead atoms. The molecule has 1 aliphatic heterocycles. The van der Waals surface area contributed by atoms with Gasteiger partial charge in [-0.1, -0.05) is 23.4 Å². The molecule has 0 amide bonds. The predicted octanol–water partition coefficient (Wildman–Crippen LogP) is 4.32. The molecule has 1 atom stereocenters. The molecule has 2 aromatic carbocycles.